The third kappa shape index (κ3) is 4.09. The van der Waals surface area contributed by atoms with Crippen LogP contribution in [0.3, 0.4) is 0 Å². The van der Waals surface area contributed by atoms with Gasteiger partial charge in [0.1, 0.15) is 0 Å². The summed E-state index contributed by atoms with van der Waals surface area (Å²) in [6.07, 6.45) is 3.22. The average Bonchev–Trinajstić information content (AvgIpc) is 3.03. The van der Waals surface area contributed by atoms with Crippen molar-refractivity contribution in [3.8, 4) is 0 Å². The molecule has 7 nitrogen and oxygen atoms in total. The second kappa shape index (κ2) is 6.78. The molecule has 3 unspecified atom stereocenters. The fraction of sp³-hybridized carbons (Fsp3) is 0.786. The fourth-order valence-electron chi connectivity index (χ4n) is 3.29. The topological polar surface area (TPSA) is 98.7 Å². The number of rotatable bonds is 4. The molecular formula is C14H23N3O4. The van der Waals surface area contributed by atoms with E-state index in [1.54, 1.807) is 4.90 Å². The van der Waals surface area contributed by atoms with Crippen LogP contribution >= 0.6 is 0 Å². The van der Waals surface area contributed by atoms with Crippen molar-refractivity contribution in [2.45, 2.75) is 38.6 Å². The smallest absolute Gasteiger partial charge is 0.317 e. The molecule has 0 aromatic rings. The third-order valence-electron chi connectivity index (χ3n) is 4.37. The van der Waals surface area contributed by atoms with Crippen LogP contribution in [0, 0.1) is 11.8 Å². The van der Waals surface area contributed by atoms with Crippen LogP contribution in [-0.2, 0) is 9.59 Å². The number of nitrogens with one attached hydrogen (secondary N) is 2. The lowest BCUT2D eigenvalue weighted by molar-refractivity contribution is -0.142. The predicted octanol–water partition coefficient (Wildman–Crippen LogP) is 0.407. The number of urea groups is 1. The van der Waals surface area contributed by atoms with Crippen molar-refractivity contribution in [3.05, 3.63) is 0 Å². The number of hydrogen-bond acceptors (Lipinski definition) is 3. The molecule has 3 atom stereocenters. The van der Waals surface area contributed by atoms with Gasteiger partial charge in [0, 0.05) is 32.6 Å². The number of likely N-dealkylation sites (tertiary alicyclic amines) is 1. The van der Waals surface area contributed by atoms with E-state index in [1.807, 2.05) is 0 Å². The molecule has 0 aromatic heterocycles. The van der Waals surface area contributed by atoms with Crippen molar-refractivity contribution >= 4 is 17.9 Å². The van der Waals surface area contributed by atoms with Gasteiger partial charge in [0.05, 0.1) is 5.92 Å². The van der Waals surface area contributed by atoms with E-state index in [0.29, 0.717) is 26.1 Å². The molecule has 1 saturated carbocycles. The van der Waals surface area contributed by atoms with E-state index in [9.17, 15) is 14.4 Å². The Balaban J connectivity index is 1.75. The third-order valence-corrected chi connectivity index (χ3v) is 4.37. The Morgan fingerprint density at radius 3 is 2.67 bits per heavy atom. The molecule has 0 aromatic carbocycles. The van der Waals surface area contributed by atoms with Crippen LogP contribution < -0.4 is 10.6 Å². The van der Waals surface area contributed by atoms with E-state index in [0.717, 1.165) is 19.3 Å². The fourth-order valence-corrected chi connectivity index (χ4v) is 3.29. The van der Waals surface area contributed by atoms with Gasteiger partial charge in [-0.05, 0) is 25.2 Å². The summed E-state index contributed by atoms with van der Waals surface area (Å²) in [7, 11) is 0. The molecule has 1 aliphatic carbocycles. The van der Waals surface area contributed by atoms with Gasteiger partial charge >= 0.3 is 12.0 Å². The van der Waals surface area contributed by atoms with Gasteiger partial charge in [-0.25, -0.2) is 4.79 Å². The number of amides is 3. The Labute approximate surface area is 124 Å². The summed E-state index contributed by atoms with van der Waals surface area (Å²) in [5.41, 5.74) is 0. The first-order valence-electron chi connectivity index (χ1n) is 7.50. The second-order valence-electron chi connectivity index (χ2n) is 5.95. The standard InChI is InChI=1S/C14H23N3O4/c1-9(18)16-11-5-6-17(8-11)14(21)15-7-10-3-2-4-12(10)13(19)20/h10-12H,2-8H2,1H3,(H,15,21)(H,16,18)(H,19,20). The maximum Gasteiger partial charge on any atom is 0.317 e. The Bertz CT molecular complexity index is 426. The number of carboxylic acid groups (broad SMARTS) is 1. The molecule has 1 heterocycles. The van der Waals surface area contributed by atoms with Crippen LogP contribution in [0.25, 0.3) is 0 Å². The molecule has 1 aliphatic heterocycles. The lowest BCUT2D eigenvalue weighted by Crippen LogP contribution is -2.43. The van der Waals surface area contributed by atoms with Crippen molar-refractivity contribution in [2.24, 2.45) is 11.8 Å². The van der Waals surface area contributed by atoms with Crippen molar-refractivity contribution in [1.29, 1.82) is 0 Å². The van der Waals surface area contributed by atoms with E-state index >= 15 is 0 Å². The van der Waals surface area contributed by atoms with E-state index in [2.05, 4.69) is 10.6 Å². The molecular weight excluding hydrogens is 274 g/mol. The van der Waals surface area contributed by atoms with Gasteiger partial charge in [0.15, 0.2) is 0 Å². The zero-order valence-electron chi connectivity index (χ0n) is 12.3. The zero-order chi connectivity index (χ0) is 15.4. The van der Waals surface area contributed by atoms with Crippen LogP contribution in [0.4, 0.5) is 4.79 Å². The van der Waals surface area contributed by atoms with Gasteiger partial charge < -0.3 is 20.6 Å². The summed E-state index contributed by atoms with van der Waals surface area (Å²) in [5, 5.41) is 14.8. The number of carboxylic acids is 1. The van der Waals surface area contributed by atoms with E-state index in [4.69, 9.17) is 5.11 Å². The van der Waals surface area contributed by atoms with Crippen LogP contribution in [0.1, 0.15) is 32.6 Å². The van der Waals surface area contributed by atoms with Crippen molar-refractivity contribution in [2.75, 3.05) is 19.6 Å². The first-order chi connectivity index (χ1) is 9.97. The molecule has 0 spiro atoms. The Hall–Kier alpha value is -1.79. The molecule has 0 radical (unpaired) electrons. The first-order valence-corrected chi connectivity index (χ1v) is 7.50. The van der Waals surface area contributed by atoms with E-state index in [1.165, 1.54) is 6.92 Å². The number of aliphatic carboxylic acids is 1. The highest BCUT2D eigenvalue weighted by atomic mass is 16.4. The number of carbonyl (C=O) groups excluding carboxylic acids is 2. The first kappa shape index (κ1) is 15.6. The Morgan fingerprint density at radius 1 is 1.24 bits per heavy atom. The van der Waals surface area contributed by atoms with Crippen LogP contribution in [0.15, 0.2) is 0 Å². The predicted molar refractivity (Wildman–Crippen MR) is 75.7 cm³/mol. The lowest BCUT2D eigenvalue weighted by Gasteiger charge is -2.21. The van der Waals surface area contributed by atoms with Crippen LogP contribution in [0.5, 0.6) is 0 Å². The van der Waals surface area contributed by atoms with Crippen LogP contribution in [0.2, 0.25) is 0 Å². The minimum absolute atomic E-state index is 0.0199. The lowest BCUT2D eigenvalue weighted by atomic mass is 9.96. The summed E-state index contributed by atoms with van der Waals surface area (Å²) in [5.74, 6) is -1.16. The maximum atomic E-state index is 12.1. The molecule has 2 aliphatic rings. The van der Waals surface area contributed by atoms with Crippen LogP contribution in [-0.4, -0.2) is 53.6 Å². The Kier molecular flexibility index (Phi) is 5.03. The average molecular weight is 297 g/mol. The Morgan fingerprint density at radius 2 is 2.00 bits per heavy atom. The van der Waals surface area contributed by atoms with E-state index in [-0.39, 0.29) is 29.8 Å². The minimum atomic E-state index is -0.765. The quantitative estimate of drug-likeness (QED) is 0.700. The van der Waals surface area contributed by atoms with Crippen molar-refractivity contribution < 1.29 is 19.5 Å². The molecule has 3 amide bonds. The number of carbonyl (C=O) groups is 3. The molecule has 1 saturated heterocycles. The molecule has 0 bridgehead atoms. The van der Waals surface area contributed by atoms with Gasteiger partial charge in [0.2, 0.25) is 5.91 Å². The summed E-state index contributed by atoms with van der Waals surface area (Å²) in [6.45, 7) is 3.01. The highest BCUT2D eigenvalue weighted by molar-refractivity contribution is 5.76. The second-order valence-corrected chi connectivity index (χ2v) is 5.95. The summed E-state index contributed by atoms with van der Waals surface area (Å²) < 4.78 is 0. The number of hydrogen-bond donors (Lipinski definition) is 3. The van der Waals surface area contributed by atoms with E-state index < -0.39 is 5.97 Å². The summed E-state index contributed by atoms with van der Waals surface area (Å²) in [4.78, 5) is 35.8. The molecule has 2 fully saturated rings. The maximum absolute atomic E-state index is 12.1. The summed E-state index contributed by atoms with van der Waals surface area (Å²) >= 11 is 0. The van der Waals surface area contributed by atoms with Gasteiger partial charge in [-0.1, -0.05) is 6.42 Å². The van der Waals surface area contributed by atoms with Gasteiger partial charge in [-0.2, -0.15) is 0 Å². The van der Waals surface area contributed by atoms with Crippen molar-refractivity contribution in [3.63, 3.8) is 0 Å². The molecule has 2 rings (SSSR count). The van der Waals surface area contributed by atoms with Crippen molar-refractivity contribution in [1.82, 2.24) is 15.5 Å². The van der Waals surface area contributed by atoms with Gasteiger partial charge in [0.25, 0.3) is 0 Å². The molecule has 3 N–H and O–H groups in total. The highest BCUT2D eigenvalue weighted by Gasteiger charge is 2.33. The SMILES string of the molecule is CC(=O)NC1CCN(C(=O)NCC2CCCC2C(=O)O)C1. The van der Waals surface area contributed by atoms with Gasteiger partial charge in [-0.3, -0.25) is 9.59 Å². The molecule has 118 valence electrons. The normalized spacial score (nSPS) is 28.4. The minimum Gasteiger partial charge on any atom is -0.481 e. The summed E-state index contributed by atoms with van der Waals surface area (Å²) in [6, 6.07) is -0.148. The number of nitrogens with zero attached hydrogens (tertiary/aromatic N) is 1. The van der Waals surface area contributed by atoms with Gasteiger partial charge in [-0.15, -0.1) is 0 Å². The highest BCUT2D eigenvalue weighted by Crippen LogP contribution is 2.31. The molecule has 7 heteroatoms. The monoisotopic (exact) mass is 297 g/mol. The molecule has 21 heavy (non-hydrogen) atoms. The zero-order valence-corrected chi connectivity index (χ0v) is 12.3. The largest absolute Gasteiger partial charge is 0.481 e.